The summed E-state index contributed by atoms with van der Waals surface area (Å²) in [6.45, 7) is 12.0. The van der Waals surface area contributed by atoms with E-state index in [1.54, 1.807) is 0 Å². The van der Waals surface area contributed by atoms with Crippen molar-refractivity contribution in [1.29, 1.82) is 0 Å². The van der Waals surface area contributed by atoms with Crippen LogP contribution in [-0.4, -0.2) is 60.6 Å². The first-order valence-electron chi connectivity index (χ1n) is 8.19. The minimum absolute atomic E-state index is 0.0729. The summed E-state index contributed by atoms with van der Waals surface area (Å²) in [5.41, 5.74) is -0.0729. The van der Waals surface area contributed by atoms with E-state index in [0.29, 0.717) is 0 Å². The highest BCUT2D eigenvalue weighted by atomic mass is 16.5. The zero-order chi connectivity index (χ0) is 14.6. The van der Waals surface area contributed by atoms with Gasteiger partial charge in [0.25, 0.3) is 0 Å². The van der Waals surface area contributed by atoms with Gasteiger partial charge in [-0.2, -0.15) is 0 Å². The number of ether oxygens (including phenoxy) is 1. The molecule has 2 rings (SSSR count). The summed E-state index contributed by atoms with van der Waals surface area (Å²) >= 11 is 0. The van der Waals surface area contributed by atoms with Crippen LogP contribution in [0.25, 0.3) is 0 Å². The highest BCUT2D eigenvalue weighted by Gasteiger charge is 2.40. The van der Waals surface area contributed by atoms with Crippen LogP contribution in [0.2, 0.25) is 0 Å². The van der Waals surface area contributed by atoms with Crippen LogP contribution in [0, 0.1) is 5.92 Å². The molecule has 116 valence electrons. The molecule has 2 saturated heterocycles. The molecule has 0 aromatic heterocycles. The van der Waals surface area contributed by atoms with Crippen LogP contribution in [0.15, 0.2) is 0 Å². The Morgan fingerprint density at radius 2 is 2.10 bits per heavy atom. The Balaban J connectivity index is 1.89. The Kier molecular flexibility index (Phi) is 5.44. The summed E-state index contributed by atoms with van der Waals surface area (Å²) in [6, 6.07) is 0. The van der Waals surface area contributed by atoms with E-state index in [2.05, 4.69) is 25.7 Å². The number of morpholine rings is 1. The standard InChI is InChI=1S/C16H30N2O2/c1-4-18-13-16(20-12-15(18)19)7-5-9-17(11-8-16)10-6-14(2)3/h14H,4-13H2,1-3H3/t16-/m0/s1. The molecule has 0 unspecified atom stereocenters. The van der Waals surface area contributed by atoms with Gasteiger partial charge in [0.05, 0.1) is 5.60 Å². The molecule has 2 aliphatic rings. The largest absolute Gasteiger partial charge is 0.363 e. The van der Waals surface area contributed by atoms with Gasteiger partial charge >= 0.3 is 0 Å². The number of nitrogens with zero attached hydrogens (tertiary/aromatic N) is 2. The Labute approximate surface area is 123 Å². The third-order valence-electron chi connectivity index (χ3n) is 4.73. The maximum absolute atomic E-state index is 11.8. The van der Waals surface area contributed by atoms with Gasteiger partial charge in [-0.25, -0.2) is 0 Å². The van der Waals surface area contributed by atoms with Crippen molar-refractivity contribution >= 4 is 5.91 Å². The van der Waals surface area contributed by atoms with Crippen molar-refractivity contribution in [3.63, 3.8) is 0 Å². The Morgan fingerprint density at radius 3 is 2.80 bits per heavy atom. The van der Waals surface area contributed by atoms with Crippen LogP contribution in [-0.2, 0) is 9.53 Å². The van der Waals surface area contributed by atoms with Crippen molar-refractivity contribution in [2.24, 2.45) is 5.92 Å². The van der Waals surface area contributed by atoms with Crippen molar-refractivity contribution in [1.82, 2.24) is 9.80 Å². The maximum atomic E-state index is 11.8. The van der Waals surface area contributed by atoms with Crippen LogP contribution in [0.4, 0.5) is 0 Å². The van der Waals surface area contributed by atoms with Gasteiger partial charge in [-0.1, -0.05) is 13.8 Å². The number of rotatable bonds is 4. The molecule has 2 heterocycles. The number of hydrogen-bond acceptors (Lipinski definition) is 3. The number of carbonyl (C=O) groups excluding carboxylic acids is 1. The maximum Gasteiger partial charge on any atom is 0.248 e. The molecule has 0 radical (unpaired) electrons. The summed E-state index contributed by atoms with van der Waals surface area (Å²) in [6.07, 6.45) is 4.61. The van der Waals surface area contributed by atoms with Gasteiger partial charge in [0.2, 0.25) is 5.91 Å². The molecule has 0 bridgehead atoms. The minimum Gasteiger partial charge on any atom is -0.363 e. The second-order valence-corrected chi connectivity index (χ2v) is 6.76. The predicted octanol–water partition coefficient (Wildman–Crippen LogP) is 2.14. The Bertz CT molecular complexity index is 332. The van der Waals surface area contributed by atoms with E-state index in [0.717, 1.165) is 38.4 Å². The highest BCUT2D eigenvalue weighted by Crippen LogP contribution is 2.30. The number of amides is 1. The molecule has 20 heavy (non-hydrogen) atoms. The van der Waals surface area contributed by atoms with Crippen LogP contribution >= 0.6 is 0 Å². The van der Waals surface area contributed by atoms with Gasteiger partial charge in [-0.15, -0.1) is 0 Å². The lowest BCUT2D eigenvalue weighted by atomic mass is 9.92. The molecule has 1 amide bonds. The lowest BCUT2D eigenvalue weighted by molar-refractivity contribution is -0.165. The average molecular weight is 282 g/mol. The second kappa shape index (κ2) is 6.90. The van der Waals surface area contributed by atoms with Crippen molar-refractivity contribution in [3.05, 3.63) is 0 Å². The van der Waals surface area contributed by atoms with Gasteiger partial charge in [-0.05, 0) is 51.6 Å². The van der Waals surface area contributed by atoms with E-state index >= 15 is 0 Å². The molecule has 0 aromatic rings. The Morgan fingerprint density at radius 1 is 1.30 bits per heavy atom. The van der Waals surface area contributed by atoms with E-state index in [1.807, 2.05) is 4.90 Å². The van der Waals surface area contributed by atoms with E-state index in [4.69, 9.17) is 4.74 Å². The van der Waals surface area contributed by atoms with Crippen LogP contribution in [0.1, 0.15) is 46.5 Å². The van der Waals surface area contributed by atoms with E-state index in [9.17, 15) is 4.79 Å². The van der Waals surface area contributed by atoms with Crippen molar-refractivity contribution < 1.29 is 9.53 Å². The molecule has 0 aromatic carbocycles. The Hall–Kier alpha value is -0.610. The van der Waals surface area contributed by atoms with Gasteiger partial charge in [-0.3, -0.25) is 4.79 Å². The molecule has 2 aliphatic heterocycles. The zero-order valence-electron chi connectivity index (χ0n) is 13.4. The summed E-state index contributed by atoms with van der Waals surface area (Å²) in [7, 11) is 0. The lowest BCUT2D eigenvalue weighted by Crippen LogP contribution is -2.54. The molecule has 4 heteroatoms. The molecular formula is C16H30N2O2. The number of likely N-dealkylation sites (N-methyl/N-ethyl adjacent to an activating group) is 1. The number of hydrogen-bond donors (Lipinski definition) is 0. The fraction of sp³-hybridized carbons (Fsp3) is 0.938. The van der Waals surface area contributed by atoms with Gasteiger partial charge < -0.3 is 14.5 Å². The lowest BCUT2D eigenvalue weighted by Gasteiger charge is -2.42. The smallest absolute Gasteiger partial charge is 0.248 e. The molecular weight excluding hydrogens is 252 g/mol. The molecule has 0 aliphatic carbocycles. The van der Waals surface area contributed by atoms with E-state index < -0.39 is 0 Å². The summed E-state index contributed by atoms with van der Waals surface area (Å²) < 4.78 is 5.99. The molecule has 1 atom stereocenters. The fourth-order valence-electron chi connectivity index (χ4n) is 3.27. The number of carbonyl (C=O) groups is 1. The monoisotopic (exact) mass is 282 g/mol. The first-order valence-corrected chi connectivity index (χ1v) is 8.19. The first-order chi connectivity index (χ1) is 9.54. The molecule has 1 spiro atoms. The first kappa shape index (κ1) is 15.8. The fourth-order valence-corrected chi connectivity index (χ4v) is 3.27. The molecule has 2 fully saturated rings. The average Bonchev–Trinajstić information content (AvgIpc) is 2.62. The van der Waals surface area contributed by atoms with Crippen LogP contribution in [0.5, 0.6) is 0 Å². The summed E-state index contributed by atoms with van der Waals surface area (Å²) in [5, 5.41) is 0. The normalized spacial score (nSPS) is 29.2. The van der Waals surface area contributed by atoms with Crippen molar-refractivity contribution in [3.8, 4) is 0 Å². The third kappa shape index (κ3) is 3.95. The summed E-state index contributed by atoms with van der Waals surface area (Å²) in [5.74, 6) is 0.922. The van der Waals surface area contributed by atoms with Crippen LogP contribution < -0.4 is 0 Å². The quantitative estimate of drug-likeness (QED) is 0.792. The van der Waals surface area contributed by atoms with Crippen molar-refractivity contribution in [2.75, 3.05) is 39.3 Å². The third-order valence-corrected chi connectivity index (χ3v) is 4.73. The molecule has 0 saturated carbocycles. The number of likely N-dealkylation sites (tertiary alicyclic amines) is 1. The van der Waals surface area contributed by atoms with E-state index in [-0.39, 0.29) is 18.1 Å². The van der Waals surface area contributed by atoms with Gasteiger partial charge in [0.15, 0.2) is 0 Å². The summed E-state index contributed by atoms with van der Waals surface area (Å²) in [4.78, 5) is 16.3. The topological polar surface area (TPSA) is 32.8 Å². The highest BCUT2D eigenvalue weighted by molar-refractivity contribution is 5.78. The zero-order valence-corrected chi connectivity index (χ0v) is 13.4. The molecule has 0 N–H and O–H groups in total. The van der Waals surface area contributed by atoms with Gasteiger partial charge in [0, 0.05) is 19.6 Å². The van der Waals surface area contributed by atoms with Crippen molar-refractivity contribution in [2.45, 2.75) is 52.1 Å². The molecule has 4 nitrogen and oxygen atoms in total. The van der Waals surface area contributed by atoms with E-state index in [1.165, 1.54) is 25.9 Å². The van der Waals surface area contributed by atoms with Crippen LogP contribution in [0.3, 0.4) is 0 Å². The van der Waals surface area contributed by atoms with Gasteiger partial charge in [0.1, 0.15) is 6.61 Å². The SMILES string of the molecule is CCN1C[C@@]2(CCCN(CCC(C)C)CC2)OCC1=O. The minimum atomic E-state index is -0.0729. The predicted molar refractivity (Wildman–Crippen MR) is 80.7 cm³/mol. The second-order valence-electron chi connectivity index (χ2n) is 6.76.